The largest absolute Gasteiger partial charge is 0.366 e. The minimum absolute atomic E-state index is 0. The molecule has 1 aliphatic heterocycles. The number of pyridine rings is 1. The first-order valence-electron chi connectivity index (χ1n) is 10.8. The Morgan fingerprint density at radius 1 is 0.871 bits per heavy atom. The average molecular weight is 413 g/mol. The Morgan fingerprint density at radius 2 is 1.61 bits per heavy atom. The van der Waals surface area contributed by atoms with E-state index in [4.69, 9.17) is 4.98 Å². The smallest absolute Gasteiger partial charge is 0.123 e. The molecule has 2 heterocycles. The Morgan fingerprint density at radius 3 is 2.29 bits per heavy atom. The summed E-state index contributed by atoms with van der Waals surface area (Å²) in [4.78, 5) is 7.39. The Balaban J connectivity index is 0.000000274. The molecule has 0 fully saturated rings. The number of aromatic nitrogens is 1. The van der Waals surface area contributed by atoms with Crippen molar-refractivity contribution in [1.29, 1.82) is 0 Å². The lowest BCUT2D eigenvalue weighted by Crippen LogP contribution is -2.29. The molecule has 3 heteroatoms. The molecule has 0 saturated heterocycles. The van der Waals surface area contributed by atoms with Crippen LogP contribution in [0.3, 0.4) is 0 Å². The van der Waals surface area contributed by atoms with Crippen molar-refractivity contribution in [1.82, 2.24) is 4.98 Å². The van der Waals surface area contributed by atoms with Gasteiger partial charge in [-0.05, 0) is 55.2 Å². The van der Waals surface area contributed by atoms with Crippen molar-refractivity contribution in [2.24, 2.45) is 0 Å². The predicted octanol–water partition coefficient (Wildman–Crippen LogP) is 7.08. The highest BCUT2D eigenvalue weighted by atomic mass is 19.1. The van der Waals surface area contributed by atoms with E-state index >= 15 is 0 Å². The van der Waals surface area contributed by atoms with E-state index in [1.165, 1.54) is 41.1 Å². The van der Waals surface area contributed by atoms with Crippen LogP contribution >= 0.6 is 0 Å². The molecule has 2 nitrogen and oxygen atoms in total. The van der Waals surface area contributed by atoms with Crippen molar-refractivity contribution < 1.29 is 5.82 Å². The van der Waals surface area contributed by atoms with Crippen molar-refractivity contribution in [2.75, 3.05) is 11.4 Å². The maximum absolute atomic E-state index is 12.2. The molecule has 1 aromatic heterocycles. The zero-order valence-corrected chi connectivity index (χ0v) is 17.8. The molecule has 0 bridgehead atoms. The molecule has 0 saturated carbocycles. The lowest BCUT2D eigenvalue weighted by molar-refractivity contribution is 0.626. The first-order valence-corrected chi connectivity index (χ1v) is 10.8. The van der Waals surface area contributed by atoms with Gasteiger partial charge in [0.25, 0.3) is 0 Å². The minimum Gasteiger partial charge on any atom is -0.366 e. The number of halogens is 1. The number of fused-ring (bicyclic) bond motifs is 1. The number of benzene rings is 3. The third kappa shape index (κ3) is 5.58. The minimum atomic E-state index is -0.162. The van der Waals surface area contributed by atoms with Gasteiger partial charge < -0.3 is 4.90 Å². The third-order valence-corrected chi connectivity index (χ3v) is 5.40. The molecule has 0 unspecified atom stereocenters. The molecular formula is C28H29FN2. The number of nitrogens with zero attached hydrogens (tertiary/aromatic N) is 2. The number of rotatable bonds is 3. The van der Waals surface area contributed by atoms with Crippen LogP contribution < -0.4 is 4.90 Å². The van der Waals surface area contributed by atoms with Crippen molar-refractivity contribution in [2.45, 2.75) is 26.3 Å². The van der Waals surface area contributed by atoms with Crippen LogP contribution in [0.15, 0.2) is 97.1 Å². The second-order valence-corrected chi connectivity index (χ2v) is 7.84. The van der Waals surface area contributed by atoms with Crippen molar-refractivity contribution in [3.8, 4) is 11.3 Å². The summed E-state index contributed by atoms with van der Waals surface area (Å²) in [5, 5.41) is 0. The van der Waals surface area contributed by atoms with E-state index in [2.05, 4.69) is 71.6 Å². The van der Waals surface area contributed by atoms with E-state index in [-0.39, 0.29) is 7.24 Å². The standard InChI is InChI=1S/C21H20N2.C7H7F.H2/c1-3-8-17(9-4-1)16-23-15-7-12-20-21(23)14-13-19(22-20)18-10-5-2-6-11-18;1-6-3-2-4-7(8)5-6;/h1-6,8-11,13-14H,7,12,15-16H2;2-5H,1H3;1H. The van der Waals surface area contributed by atoms with Gasteiger partial charge in [0.2, 0.25) is 0 Å². The summed E-state index contributed by atoms with van der Waals surface area (Å²) < 4.78 is 12.2. The van der Waals surface area contributed by atoms with Gasteiger partial charge in [-0.1, -0.05) is 72.8 Å². The van der Waals surface area contributed by atoms with Crippen molar-refractivity contribution >= 4 is 5.69 Å². The average Bonchev–Trinajstić information content (AvgIpc) is 2.80. The quantitative estimate of drug-likeness (QED) is 0.357. The van der Waals surface area contributed by atoms with Crippen LogP contribution in [0.2, 0.25) is 0 Å². The topological polar surface area (TPSA) is 16.1 Å². The fourth-order valence-corrected chi connectivity index (χ4v) is 3.87. The van der Waals surface area contributed by atoms with Crippen LogP contribution in [0.5, 0.6) is 0 Å². The van der Waals surface area contributed by atoms with Crippen molar-refractivity contribution in [3.05, 3.63) is 120 Å². The molecule has 5 rings (SSSR count). The van der Waals surface area contributed by atoms with Crippen LogP contribution in [0, 0.1) is 12.7 Å². The molecule has 0 spiro atoms. The lowest BCUT2D eigenvalue weighted by Gasteiger charge is -2.31. The zero-order valence-electron chi connectivity index (χ0n) is 17.8. The number of aryl methyl sites for hydroxylation is 2. The summed E-state index contributed by atoms with van der Waals surface area (Å²) in [7, 11) is 0. The fraction of sp³-hybridized carbons (Fsp3) is 0.179. The molecule has 1 aliphatic rings. The molecule has 158 valence electrons. The van der Waals surface area contributed by atoms with Gasteiger partial charge in [0.15, 0.2) is 0 Å². The maximum Gasteiger partial charge on any atom is 0.123 e. The van der Waals surface area contributed by atoms with Gasteiger partial charge in [0, 0.05) is 20.1 Å². The van der Waals surface area contributed by atoms with Crippen LogP contribution in [-0.2, 0) is 13.0 Å². The number of hydrogen-bond donors (Lipinski definition) is 0. The monoisotopic (exact) mass is 412 g/mol. The van der Waals surface area contributed by atoms with E-state index in [1.807, 2.05) is 19.1 Å². The van der Waals surface area contributed by atoms with Crippen LogP contribution in [0.25, 0.3) is 11.3 Å². The second-order valence-electron chi connectivity index (χ2n) is 7.84. The van der Waals surface area contributed by atoms with E-state index in [0.29, 0.717) is 0 Å². The molecule has 31 heavy (non-hydrogen) atoms. The van der Waals surface area contributed by atoms with Gasteiger partial charge in [0.1, 0.15) is 5.82 Å². The van der Waals surface area contributed by atoms with Gasteiger partial charge >= 0.3 is 0 Å². The molecule has 0 N–H and O–H groups in total. The highest BCUT2D eigenvalue weighted by Crippen LogP contribution is 2.29. The van der Waals surface area contributed by atoms with Gasteiger partial charge in [-0.3, -0.25) is 4.98 Å². The SMILES string of the molecule is Cc1cccc(F)c1.[HH].c1ccc(CN2CCCc3nc(-c4ccccc4)ccc32)cc1. The van der Waals surface area contributed by atoms with Gasteiger partial charge in [-0.2, -0.15) is 0 Å². The normalized spacial score (nSPS) is 12.5. The Bertz CT molecular complexity index is 1100. The Kier molecular flexibility index (Phi) is 6.73. The molecule has 0 aliphatic carbocycles. The second kappa shape index (κ2) is 10.0. The van der Waals surface area contributed by atoms with Gasteiger partial charge in [0.05, 0.1) is 17.1 Å². The van der Waals surface area contributed by atoms with E-state index < -0.39 is 0 Å². The fourth-order valence-electron chi connectivity index (χ4n) is 3.87. The van der Waals surface area contributed by atoms with E-state index in [0.717, 1.165) is 30.8 Å². The molecule has 0 radical (unpaired) electrons. The van der Waals surface area contributed by atoms with E-state index in [1.54, 1.807) is 6.07 Å². The first kappa shape index (κ1) is 20.8. The highest BCUT2D eigenvalue weighted by molar-refractivity contribution is 5.64. The van der Waals surface area contributed by atoms with Crippen LogP contribution in [-0.4, -0.2) is 11.5 Å². The first-order chi connectivity index (χ1) is 15.2. The number of anilines is 1. The summed E-state index contributed by atoms with van der Waals surface area (Å²) in [5.41, 5.74) is 7.10. The summed E-state index contributed by atoms with van der Waals surface area (Å²) in [6.07, 6.45) is 2.24. The Labute approximate surface area is 185 Å². The molecule has 0 atom stereocenters. The summed E-state index contributed by atoms with van der Waals surface area (Å²) >= 11 is 0. The van der Waals surface area contributed by atoms with E-state index in [9.17, 15) is 4.39 Å². The van der Waals surface area contributed by atoms with Gasteiger partial charge in [-0.25, -0.2) is 4.39 Å². The zero-order chi connectivity index (χ0) is 21.5. The summed E-state index contributed by atoms with van der Waals surface area (Å²) in [6.45, 7) is 3.93. The molecule has 4 aromatic rings. The third-order valence-electron chi connectivity index (χ3n) is 5.40. The summed E-state index contributed by atoms with van der Waals surface area (Å²) in [6, 6.07) is 32.0. The molecule has 0 amide bonds. The van der Waals surface area contributed by atoms with Crippen molar-refractivity contribution in [3.63, 3.8) is 0 Å². The Hall–Kier alpha value is -3.46. The lowest BCUT2D eigenvalue weighted by atomic mass is 10.0. The number of hydrogen-bond acceptors (Lipinski definition) is 2. The maximum atomic E-state index is 12.2. The predicted molar refractivity (Wildman–Crippen MR) is 129 cm³/mol. The highest BCUT2D eigenvalue weighted by Gasteiger charge is 2.18. The van der Waals surface area contributed by atoms with Gasteiger partial charge in [-0.15, -0.1) is 0 Å². The molecular weight excluding hydrogens is 383 g/mol. The molecule has 3 aromatic carbocycles. The van der Waals surface area contributed by atoms with Crippen LogP contribution in [0.4, 0.5) is 10.1 Å². The van der Waals surface area contributed by atoms with Crippen LogP contribution in [0.1, 0.15) is 24.7 Å². The summed E-state index contributed by atoms with van der Waals surface area (Å²) in [5.74, 6) is -0.162.